The third kappa shape index (κ3) is 4.11. The Morgan fingerprint density at radius 1 is 1.47 bits per heavy atom. The van der Waals surface area contributed by atoms with Crippen LogP contribution in [-0.4, -0.2) is 54.2 Å². The molecule has 1 aliphatic rings. The molecule has 0 aromatic heterocycles. The molecule has 1 rings (SSSR count). The summed E-state index contributed by atoms with van der Waals surface area (Å²) >= 11 is 0. The van der Waals surface area contributed by atoms with Gasteiger partial charge in [-0.05, 0) is 12.8 Å². The second-order valence-corrected chi connectivity index (χ2v) is 4.58. The molecule has 0 aromatic rings. The van der Waals surface area contributed by atoms with E-state index in [1.807, 2.05) is 6.92 Å². The fraction of sp³-hybridized carbons (Fsp3) is 0.750. The van der Waals surface area contributed by atoms with Gasteiger partial charge in [-0.15, -0.1) is 0 Å². The van der Waals surface area contributed by atoms with Crippen molar-refractivity contribution in [2.75, 3.05) is 20.2 Å². The van der Waals surface area contributed by atoms with Gasteiger partial charge in [0, 0.05) is 13.1 Å². The van der Waals surface area contributed by atoms with Crippen molar-refractivity contribution in [3.63, 3.8) is 0 Å². The van der Waals surface area contributed by atoms with E-state index in [1.54, 1.807) is 0 Å². The molecule has 108 valence electrons. The third-order valence-corrected chi connectivity index (χ3v) is 3.18. The minimum absolute atomic E-state index is 0.275. The summed E-state index contributed by atoms with van der Waals surface area (Å²) in [6, 6.07) is -1.32. The number of esters is 1. The molecule has 1 heterocycles. The van der Waals surface area contributed by atoms with Crippen molar-refractivity contribution in [1.82, 2.24) is 10.2 Å². The lowest BCUT2D eigenvalue weighted by atomic mass is 10.1. The van der Waals surface area contributed by atoms with Crippen LogP contribution < -0.4 is 5.32 Å². The van der Waals surface area contributed by atoms with E-state index in [-0.39, 0.29) is 18.4 Å². The molecule has 2 N–H and O–H groups in total. The number of nitrogens with zero attached hydrogens (tertiary/aromatic N) is 1. The molecule has 2 atom stereocenters. The number of rotatable bonds is 5. The molecule has 0 aliphatic carbocycles. The maximum atomic E-state index is 11.9. The number of carbonyl (C=O) groups excluding carboxylic acids is 2. The predicted octanol–water partition coefficient (Wildman–Crippen LogP) is 0.444. The second-order valence-electron chi connectivity index (χ2n) is 4.58. The summed E-state index contributed by atoms with van der Waals surface area (Å²) in [4.78, 5) is 35.6. The van der Waals surface area contributed by atoms with Crippen LogP contribution in [0.1, 0.15) is 26.2 Å². The molecule has 0 saturated carbocycles. The van der Waals surface area contributed by atoms with Crippen LogP contribution in [0.25, 0.3) is 0 Å². The lowest BCUT2D eigenvalue weighted by Gasteiger charge is -2.20. The topological polar surface area (TPSA) is 95.9 Å². The lowest BCUT2D eigenvalue weighted by Crippen LogP contribution is -2.47. The van der Waals surface area contributed by atoms with Gasteiger partial charge in [-0.1, -0.05) is 13.3 Å². The zero-order valence-corrected chi connectivity index (χ0v) is 11.2. The Hall–Kier alpha value is -1.79. The maximum Gasteiger partial charge on any atom is 0.326 e. The predicted molar refractivity (Wildman–Crippen MR) is 66.6 cm³/mol. The minimum Gasteiger partial charge on any atom is -0.480 e. The fourth-order valence-electron chi connectivity index (χ4n) is 2.09. The number of carbonyl (C=O) groups is 3. The Kier molecular flexibility index (Phi) is 5.59. The molecule has 7 heteroatoms. The number of ether oxygens (including phenoxy) is 1. The highest BCUT2D eigenvalue weighted by Gasteiger charge is 2.33. The SMILES string of the molecule is CCC[C@@H](NC(=O)N1CCC(C(=O)OC)C1)C(=O)O. The van der Waals surface area contributed by atoms with Crippen LogP contribution in [0.3, 0.4) is 0 Å². The highest BCUT2D eigenvalue weighted by molar-refractivity contribution is 5.83. The normalized spacial score (nSPS) is 19.9. The molecule has 0 spiro atoms. The van der Waals surface area contributed by atoms with Crippen molar-refractivity contribution in [3.8, 4) is 0 Å². The van der Waals surface area contributed by atoms with Gasteiger partial charge in [-0.25, -0.2) is 9.59 Å². The first-order valence-electron chi connectivity index (χ1n) is 6.35. The minimum atomic E-state index is -1.04. The molecule has 0 radical (unpaired) electrons. The van der Waals surface area contributed by atoms with Crippen molar-refractivity contribution in [1.29, 1.82) is 0 Å². The second kappa shape index (κ2) is 6.96. The van der Waals surface area contributed by atoms with Crippen LogP contribution in [0.2, 0.25) is 0 Å². The number of urea groups is 1. The number of carboxylic acid groups (broad SMARTS) is 1. The molecule has 1 unspecified atom stereocenters. The van der Waals surface area contributed by atoms with Crippen molar-refractivity contribution in [3.05, 3.63) is 0 Å². The van der Waals surface area contributed by atoms with Crippen LogP contribution in [0.15, 0.2) is 0 Å². The molecule has 7 nitrogen and oxygen atoms in total. The number of nitrogens with one attached hydrogen (secondary N) is 1. The van der Waals surface area contributed by atoms with Gasteiger partial charge in [0.1, 0.15) is 6.04 Å². The van der Waals surface area contributed by atoms with E-state index in [2.05, 4.69) is 10.1 Å². The van der Waals surface area contributed by atoms with E-state index >= 15 is 0 Å². The van der Waals surface area contributed by atoms with E-state index in [0.29, 0.717) is 25.8 Å². The number of hydrogen-bond donors (Lipinski definition) is 2. The molecular weight excluding hydrogens is 252 g/mol. The van der Waals surface area contributed by atoms with Crippen LogP contribution in [-0.2, 0) is 14.3 Å². The summed E-state index contributed by atoms with van der Waals surface area (Å²) in [5, 5.41) is 11.4. The van der Waals surface area contributed by atoms with Crippen LogP contribution in [0, 0.1) is 5.92 Å². The molecule has 2 amide bonds. The molecule has 1 saturated heterocycles. The number of likely N-dealkylation sites (tertiary alicyclic amines) is 1. The molecular formula is C12H20N2O5. The quantitative estimate of drug-likeness (QED) is 0.708. The lowest BCUT2D eigenvalue weighted by molar-refractivity contribution is -0.145. The molecule has 1 fully saturated rings. The average molecular weight is 272 g/mol. The number of carboxylic acids is 1. The van der Waals surface area contributed by atoms with Crippen molar-refractivity contribution < 1.29 is 24.2 Å². The van der Waals surface area contributed by atoms with E-state index in [4.69, 9.17) is 5.11 Å². The zero-order valence-electron chi connectivity index (χ0n) is 11.2. The van der Waals surface area contributed by atoms with Crippen LogP contribution >= 0.6 is 0 Å². The average Bonchev–Trinajstić information content (AvgIpc) is 2.86. The first-order valence-corrected chi connectivity index (χ1v) is 6.35. The molecule has 0 bridgehead atoms. The van der Waals surface area contributed by atoms with Gasteiger partial charge in [0.25, 0.3) is 0 Å². The van der Waals surface area contributed by atoms with Gasteiger partial charge in [-0.2, -0.15) is 0 Å². The Morgan fingerprint density at radius 2 is 2.16 bits per heavy atom. The van der Waals surface area contributed by atoms with Gasteiger partial charge in [-0.3, -0.25) is 4.79 Å². The van der Waals surface area contributed by atoms with E-state index in [9.17, 15) is 14.4 Å². The van der Waals surface area contributed by atoms with Crippen molar-refractivity contribution in [2.45, 2.75) is 32.2 Å². The molecule has 1 aliphatic heterocycles. The Bertz CT molecular complexity index is 358. The Morgan fingerprint density at radius 3 is 2.68 bits per heavy atom. The number of methoxy groups -OCH3 is 1. The van der Waals surface area contributed by atoms with E-state index in [1.165, 1.54) is 12.0 Å². The van der Waals surface area contributed by atoms with Gasteiger partial charge in [0.15, 0.2) is 0 Å². The largest absolute Gasteiger partial charge is 0.480 e. The monoisotopic (exact) mass is 272 g/mol. The molecule has 19 heavy (non-hydrogen) atoms. The summed E-state index contributed by atoms with van der Waals surface area (Å²) in [5.74, 6) is -1.69. The highest BCUT2D eigenvalue weighted by atomic mass is 16.5. The van der Waals surface area contributed by atoms with Gasteiger partial charge < -0.3 is 20.1 Å². The Labute approximate surface area is 111 Å². The smallest absolute Gasteiger partial charge is 0.326 e. The van der Waals surface area contributed by atoms with E-state index < -0.39 is 18.0 Å². The Balaban J connectivity index is 2.50. The van der Waals surface area contributed by atoms with E-state index in [0.717, 1.165) is 0 Å². The number of hydrogen-bond acceptors (Lipinski definition) is 4. The van der Waals surface area contributed by atoms with Crippen LogP contribution in [0.5, 0.6) is 0 Å². The summed E-state index contributed by atoms with van der Waals surface area (Å²) in [7, 11) is 1.31. The first-order chi connectivity index (χ1) is 8.99. The number of amides is 2. The summed E-state index contributed by atoms with van der Waals surface area (Å²) in [6.07, 6.45) is 1.60. The standard InChI is InChI=1S/C12H20N2O5/c1-3-4-9(10(15)16)13-12(18)14-6-5-8(7-14)11(17)19-2/h8-9H,3-7H2,1-2H3,(H,13,18)(H,15,16)/t8?,9-/m1/s1. The molecule has 0 aromatic carbocycles. The summed E-state index contributed by atoms with van der Waals surface area (Å²) in [5.41, 5.74) is 0. The van der Waals surface area contributed by atoms with Crippen LogP contribution in [0.4, 0.5) is 4.79 Å². The van der Waals surface area contributed by atoms with Crippen molar-refractivity contribution >= 4 is 18.0 Å². The first kappa shape index (κ1) is 15.3. The highest BCUT2D eigenvalue weighted by Crippen LogP contribution is 2.17. The fourth-order valence-corrected chi connectivity index (χ4v) is 2.09. The number of aliphatic carboxylic acids is 1. The van der Waals surface area contributed by atoms with Gasteiger partial charge >= 0.3 is 18.0 Å². The van der Waals surface area contributed by atoms with Gasteiger partial charge in [0.2, 0.25) is 0 Å². The zero-order chi connectivity index (χ0) is 14.4. The summed E-state index contributed by atoms with van der Waals surface area (Å²) in [6.45, 7) is 2.56. The third-order valence-electron chi connectivity index (χ3n) is 3.18. The maximum absolute atomic E-state index is 11.9. The van der Waals surface area contributed by atoms with Gasteiger partial charge in [0.05, 0.1) is 13.0 Å². The van der Waals surface area contributed by atoms with Crippen molar-refractivity contribution in [2.24, 2.45) is 5.92 Å². The summed E-state index contributed by atoms with van der Waals surface area (Å²) < 4.78 is 4.63.